The van der Waals surface area contributed by atoms with Crippen molar-refractivity contribution in [1.29, 1.82) is 0 Å². The molecule has 0 amide bonds. The van der Waals surface area contributed by atoms with E-state index in [4.69, 9.17) is 27.1 Å². The summed E-state index contributed by atoms with van der Waals surface area (Å²) in [6, 6.07) is 12.5. The minimum atomic E-state index is -2.95. The zero-order valence-corrected chi connectivity index (χ0v) is 17.6. The molecule has 0 spiro atoms. The molecule has 0 saturated heterocycles. The Balaban J connectivity index is 0.00000272. The summed E-state index contributed by atoms with van der Waals surface area (Å²) in [5.41, 5.74) is 8.17. The molecule has 3 aromatic rings. The number of ether oxygens (including phenoxy) is 2. The average molecular weight is 467 g/mol. The third kappa shape index (κ3) is 4.92. The number of aromatic nitrogens is 2. The zero-order chi connectivity index (χ0) is 21.1. The number of hydrogen-bond donors (Lipinski definition) is 1. The molecule has 6 nitrogen and oxygen atoms in total. The number of nitrogens with two attached hydrogens (primary N) is 1. The first-order valence-electron chi connectivity index (χ1n) is 9.01. The standard InChI is InChI=1S/C21H17ClF2N4O2.ClH/c22-17-7-14(8-26-10-17)13-2-1-3-15(6-13)21(12-29-11-18(25)28-21)16-4-5-19(27-9-16)30-20(23)24;/h1-10,20H,11-12H2,(H2,25,28);1H. The predicted molar refractivity (Wildman–Crippen MR) is 116 cm³/mol. The van der Waals surface area contributed by atoms with Crippen LogP contribution in [0.5, 0.6) is 5.88 Å². The molecule has 0 aliphatic carbocycles. The van der Waals surface area contributed by atoms with E-state index in [-0.39, 0.29) is 31.5 Å². The van der Waals surface area contributed by atoms with Gasteiger partial charge in [-0.3, -0.25) is 9.98 Å². The number of aliphatic imine (C=N–C) groups is 1. The van der Waals surface area contributed by atoms with Crippen molar-refractivity contribution < 1.29 is 18.3 Å². The third-order valence-corrected chi connectivity index (χ3v) is 4.90. The van der Waals surface area contributed by atoms with Crippen LogP contribution in [0.3, 0.4) is 0 Å². The predicted octanol–water partition coefficient (Wildman–Crippen LogP) is 4.45. The largest absolute Gasteiger partial charge is 0.417 e. The van der Waals surface area contributed by atoms with Crippen LogP contribution in [0.15, 0.2) is 66.0 Å². The second-order valence-electron chi connectivity index (χ2n) is 6.69. The monoisotopic (exact) mass is 466 g/mol. The van der Waals surface area contributed by atoms with E-state index in [0.29, 0.717) is 16.4 Å². The molecule has 1 aromatic carbocycles. The van der Waals surface area contributed by atoms with E-state index in [0.717, 1.165) is 16.7 Å². The summed E-state index contributed by atoms with van der Waals surface area (Å²) < 4.78 is 35.0. The molecule has 0 radical (unpaired) electrons. The third-order valence-electron chi connectivity index (χ3n) is 4.70. The van der Waals surface area contributed by atoms with Crippen LogP contribution in [-0.2, 0) is 10.3 Å². The average Bonchev–Trinajstić information content (AvgIpc) is 2.74. The van der Waals surface area contributed by atoms with Gasteiger partial charge >= 0.3 is 6.61 Å². The normalized spacial score (nSPS) is 18.3. The summed E-state index contributed by atoms with van der Waals surface area (Å²) in [6.45, 7) is -2.53. The van der Waals surface area contributed by atoms with Crippen LogP contribution in [0.2, 0.25) is 5.02 Å². The summed E-state index contributed by atoms with van der Waals surface area (Å²) in [7, 11) is 0. The van der Waals surface area contributed by atoms with Crippen LogP contribution >= 0.6 is 24.0 Å². The lowest BCUT2D eigenvalue weighted by Crippen LogP contribution is -2.40. The lowest BCUT2D eigenvalue weighted by molar-refractivity contribution is -0.0528. The Morgan fingerprint density at radius 1 is 1.06 bits per heavy atom. The van der Waals surface area contributed by atoms with Crippen LogP contribution in [-0.4, -0.2) is 35.6 Å². The van der Waals surface area contributed by atoms with Crippen LogP contribution in [0, 0.1) is 0 Å². The minimum Gasteiger partial charge on any atom is -0.417 e. The van der Waals surface area contributed by atoms with E-state index in [1.165, 1.54) is 12.3 Å². The summed E-state index contributed by atoms with van der Waals surface area (Å²) in [5.74, 6) is 0.139. The molecule has 2 aromatic heterocycles. The molecule has 3 heterocycles. The molecule has 2 N–H and O–H groups in total. The SMILES string of the molecule is Cl.NC1=NC(c2ccc(OC(F)F)nc2)(c2cccc(-c3cncc(Cl)c3)c2)COC1. The van der Waals surface area contributed by atoms with E-state index in [2.05, 4.69) is 14.7 Å². The lowest BCUT2D eigenvalue weighted by Gasteiger charge is -2.34. The molecule has 10 heteroatoms. The van der Waals surface area contributed by atoms with Gasteiger partial charge in [-0.15, -0.1) is 12.4 Å². The number of amidine groups is 1. The van der Waals surface area contributed by atoms with Gasteiger partial charge < -0.3 is 15.2 Å². The van der Waals surface area contributed by atoms with Gasteiger partial charge in [0, 0.05) is 35.8 Å². The fourth-order valence-corrected chi connectivity index (χ4v) is 3.56. The molecular weight excluding hydrogens is 449 g/mol. The summed E-state index contributed by atoms with van der Waals surface area (Å²) in [5, 5.41) is 0.523. The summed E-state index contributed by atoms with van der Waals surface area (Å²) in [6.07, 6.45) is 4.71. The Kier molecular flexibility index (Phi) is 7.04. The number of benzene rings is 1. The van der Waals surface area contributed by atoms with Crippen molar-refractivity contribution in [1.82, 2.24) is 9.97 Å². The van der Waals surface area contributed by atoms with Gasteiger partial charge in [0.1, 0.15) is 18.0 Å². The first-order valence-corrected chi connectivity index (χ1v) is 9.39. The van der Waals surface area contributed by atoms with Crippen LogP contribution in [0.1, 0.15) is 11.1 Å². The molecule has 31 heavy (non-hydrogen) atoms. The maximum absolute atomic E-state index is 12.5. The molecule has 0 fully saturated rings. The van der Waals surface area contributed by atoms with Crippen LogP contribution < -0.4 is 10.5 Å². The Hall–Kier alpha value is -2.81. The van der Waals surface area contributed by atoms with Crippen molar-refractivity contribution in [3.8, 4) is 17.0 Å². The van der Waals surface area contributed by atoms with Crippen LogP contribution in [0.25, 0.3) is 11.1 Å². The van der Waals surface area contributed by atoms with Gasteiger partial charge in [-0.2, -0.15) is 8.78 Å². The molecule has 0 saturated carbocycles. The van der Waals surface area contributed by atoms with Gasteiger partial charge in [-0.1, -0.05) is 29.8 Å². The second-order valence-corrected chi connectivity index (χ2v) is 7.13. The van der Waals surface area contributed by atoms with Crippen LogP contribution in [0.4, 0.5) is 8.78 Å². The molecule has 0 bridgehead atoms. The maximum atomic E-state index is 12.5. The van der Waals surface area contributed by atoms with Gasteiger partial charge in [-0.05, 0) is 29.3 Å². The van der Waals surface area contributed by atoms with Gasteiger partial charge in [0.05, 0.1) is 11.6 Å². The smallest absolute Gasteiger partial charge is 0.388 e. The van der Waals surface area contributed by atoms with E-state index in [1.54, 1.807) is 18.5 Å². The Bertz CT molecular complexity index is 1080. The number of alkyl halides is 2. The van der Waals surface area contributed by atoms with Crippen molar-refractivity contribution in [2.75, 3.05) is 13.2 Å². The van der Waals surface area contributed by atoms with E-state index >= 15 is 0 Å². The van der Waals surface area contributed by atoms with Crippen molar-refractivity contribution in [3.05, 3.63) is 77.2 Å². The second kappa shape index (κ2) is 9.55. The number of rotatable bonds is 5. The quantitative estimate of drug-likeness (QED) is 0.600. The number of nitrogens with zero attached hydrogens (tertiary/aromatic N) is 3. The lowest BCUT2D eigenvalue weighted by atomic mass is 9.83. The molecule has 4 rings (SSSR count). The molecule has 1 unspecified atom stereocenters. The zero-order valence-electron chi connectivity index (χ0n) is 16.0. The molecule has 1 atom stereocenters. The number of hydrogen-bond acceptors (Lipinski definition) is 6. The Labute approximate surface area is 188 Å². The fraction of sp³-hybridized carbons (Fsp3) is 0.190. The Morgan fingerprint density at radius 2 is 1.90 bits per heavy atom. The van der Waals surface area contributed by atoms with E-state index in [9.17, 15) is 8.78 Å². The topological polar surface area (TPSA) is 82.6 Å². The number of pyridine rings is 2. The molecule has 1 aliphatic rings. The minimum absolute atomic E-state index is 0. The highest BCUT2D eigenvalue weighted by Gasteiger charge is 2.38. The highest BCUT2D eigenvalue weighted by molar-refractivity contribution is 6.30. The van der Waals surface area contributed by atoms with Crippen molar-refractivity contribution >= 4 is 29.8 Å². The number of halogens is 4. The summed E-state index contributed by atoms with van der Waals surface area (Å²) in [4.78, 5) is 12.8. The molecule has 162 valence electrons. The van der Waals surface area contributed by atoms with Crippen molar-refractivity contribution in [3.63, 3.8) is 0 Å². The van der Waals surface area contributed by atoms with Gasteiger partial charge in [0.15, 0.2) is 0 Å². The first-order chi connectivity index (χ1) is 14.5. The van der Waals surface area contributed by atoms with E-state index in [1.807, 2.05) is 30.3 Å². The fourth-order valence-electron chi connectivity index (χ4n) is 3.39. The first kappa shape index (κ1) is 22.9. The summed E-state index contributed by atoms with van der Waals surface area (Å²) >= 11 is 6.08. The van der Waals surface area contributed by atoms with Gasteiger partial charge in [0.25, 0.3) is 0 Å². The van der Waals surface area contributed by atoms with Gasteiger partial charge in [0.2, 0.25) is 5.88 Å². The highest BCUT2D eigenvalue weighted by Crippen LogP contribution is 2.38. The molecule has 1 aliphatic heterocycles. The Morgan fingerprint density at radius 3 is 2.58 bits per heavy atom. The van der Waals surface area contributed by atoms with Crippen molar-refractivity contribution in [2.45, 2.75) is 12.2 Å². The van der Waals surface area contributed by atoms with Gasteiger partial charge in [-0.25, -0.2) is 4.98 Å². The molecular formula is C21H18Cl2F2N4O2. The van der Waals surface area contributed by atoms with Crippen molar-refractivity contribution in [2.24, 2.45) is 10.7 Å². The highest BCUT2D eigenvalue weighted by atomic mass is 35.5. The van der Waals surface area contributed by atoms with E-state index < -0.39 is 12.2 Å². The maximum Gasteiger partial charge on any atom is 0.388 e.